The van der Waals surface area contributed by atoms with Gasteiger partial charge in [0.25, 0.3) is 0 Å². The molecule has 0 saturated heterocycles. The zero-order chi connectivity index (χ0) is 6.91. The number of hydrogen-bond acceptors (Lipinski definition) is 2. The van der Waals surface area contributed by atoms with Crippen molar-refractivity contribution in [2.45, 2.75) is 18.9 Å². The predicted octanol–water partition coefficient (Wildman–Crippen LogP) is 0.506. The zero-order valence-electron chi connectivity index (χ0n) is 5.59. The first-order chi connectivity index (χ1) is 4.13. The van der Waals surface area contributed by atoms with E-state index in [9.17, 15) is 0 Å². The second-order valence-electron chi connectivity index (χ2n) is 2.67. The maximum Gasteiger partial charge on any atom is 0.0562 e. The molecular weight excluding hydrogens is 112 g/mol. The third kappa shape index (κ3) is 1.13. The van der Waals surface area contributed by atoms with Crippen LogP contribution in [0.4, 0.5) is 0 Å². The van der Waals surface area contributed by atoms with Crippen molar-refractivity contribution in [1.29, 1.82) is 0 Å². The van der Waals surface area contributed by atoms with E-state index in [2.05, 4.69) is 0 Å². The summed E-state index contributed by atoms with van der Waals surface area (Å²) >= 11 is 0. The molecule has 0 aliphatic heterocycles. The van der Waals surface area contributed by atoms with Crippen molar-refractivity contribution in [2.75, 3.05) is 0 Å². The van der Waals surface area contributed by atoms with Crippen molar-refractivity contribution in [3.8, 4) is 0 Å². The maximum absolute atomic E-state index is 5.78. The minimum atomic E-state index is -0.311. The van der Waals surface area contributed by atoms with Crippen LogP contribution < -0.4 is 11.5 Å². The van der Waals surface area contributed by atoms with Gasteiger partial charge in [0.1, 0.15) is 0 Å². The molecule has 1 atom stereocenters. The summed E-state index contributed by atoms with van der Waals surface area (Å²) in [5, 5.41) is 0. The lowest BCUT2D eigenvalue weighted by atomic mass is 9.91. The number of allylic oxidation sites excluding steroid dienone is 2. The van der Waals surface area contributed by atoms with Crippen LogP contribution in [-0.4, -0.2) is 5.54 Å². The van der Waals surface area contributed by atoms with Gasteiger partial charge in [-0.05, 0) is 19.4 Å². The molecule has 0 heterocycles. The van der Waals surface area contributed by atoms with Gasteiger partial charge in [0.15, 0.2) is 0 Å². The Morgan fingerprint density at radius 3 is 2.67 bits per heavy atom. The monoisotopic (exact) mass is 124 g/mol. The van der Waals surface area contributed by atoms with Crippen molar-refractivity contribution in [3.63, 3.8) is 0 Å². The van der Waals surface area contributed by atoms with E-state index < -0.39 is 0 Å². The van der Waals surface area contributed by atoms with Gasteiger partial charge in [0.2, 0.25) is 0 Å². The molecule has 0 saturated carbocycles. The largest absolute Gasteiger partial charge is 0.401 e. The van der Waals surface area contributed by atoms with E-state index in [1.54, 1.807) is 0 Å². The molecule has 1 aliphatic rings. The Labute approximate surface area is 55.2 Å². The molecule has 0 aromatic rings. The van der Waals surface area contributed by atoms with Gasteiger partial charge in [-0.25, -0.2) is 0 Å². The van der Waals surface area contributed by atoms with Crippen molar-refractivity contribution >= 4 is 0 Å². The Hall–Kier alpha value is -0.760. The lowest BCUT2D eigenvalue weighted by Gasteiger charge is -2.25. The van der Waals surface area contributed by atoms with Crippen LogP contribution in [0.5, 0.6) is 0 Å². The molecule has 4 N–H and O–H groups in total. The summed E-state index contributed by atoms with van der Waals surface area (Å²) in [6, 6.07) is 0. The fraction of sp³-hybridized carbons (Fsp3) is 0.429. The number of rotatable bonds is 0. The minimum Gasteiger partial charge on any atom is -0.401 e. The smallest absolute Gasteiger partial charge is 0.0562 e. The van der Waals surface area contributed by atoms with Crippen LogP contribution in [0, 0.1) is 0 Å². The van der Waals surface area contributed by atoms with Gasteiger partial charge in [-0.2, -0.15) is 0 Å². The molecule has 50 valence electrons. The lowest BCUT2D eigenvalue weighted by Crippen LogP contribution is -2.42. The molecular formula is C7H12N2. The predicted molar refractivity (Wildman–Crippen MR) is 38.6 cm³/mol. The highest BCUT2D eigenvalue weighted by atomic mass is 14.8. The van der Waals surface area contributed by atoms with Crippen LogP contribution in [0.15, 0.2) is 23.9 Å². The molecule has 0 radical (unpaired) electrons. The van der Waals surface area contributed by atoms with Gasteiger partial charge < -0.3 is 11.5 Å². The molecule has 0 spiro atoms. The normalized spacial score (nSPS) is 34.2. The molecule has 1 aliphatic carbocycles. The molecule has 0 bridgehead atoms. The highest BCUT2D eigenvalue weighted by Crippen LogP contribution is 2.17. The van der Waals surface area contributed by atoms with Crippen LogP contribution in [0.3, 0.4) is 0 Å². The highest BCUT2D eigenvalue weighted by Gasteiger charge is 2.20. The Morgan fingerprint density at radius 1 is 1.67 bits per heavy atom. The van der Waals surface area contributed by atoms with Crippen LogP contribution in [0.25, 0.3) is 0 Å². The average Bonchev–Trinajstić information content (AvgIpc) is 1.77. The highest BCUT2D eigenvalue weighted by molar-refractivity contribution is 5.26. The van der Waals surface area contributed by atoms with Gasteiger partial charge >= 0.3 is 0 Å². The zero-order valence-corrected chi connectivity index (χ0v) is 5.59. The van der Waals surface area contributed by atoms with Crippen molar-refractivity contribution < 1.29 is 0 Å². The average molecular weight is 124 g/mol. The van der Waals surface area contributed by atoms with Gasteiger partial charge in [-0.15, -0.1) is 0 Å². The van der Waals surface area contributed by atoms with Crippen LogP contribution >= 0.6 is 0 Å². The fourth-order valence-electron chi connectivity index (χ4n) is 0.793. The number of hydrogen-bond donors (Lipinski definition) is 2. The van der Waals surface area contributed by atoms with E-state index in [4.69, 9.17) is 11.5 Å². The van der Waals surface area contributed by atoms with Crippen molar-refractivity contribution in [3.05, 3.63) is 23.9 Å². The molecule has 0 aromatic heterocycles. The Morgan fingerprint density at radius 2 is 2.33 bits per heavy atom. The molecule has 0 fully saturated rings. The summed E-state index contributed by atoms with van der Waals surface area (Å²) in [5.41, 5.74) is 11.8. The molecule has 0 amide bonds. The third-order valence-corrected chi connectivity index (χ3v) is 1.61. The quantitative estimate of drug-likeness (QED) is 0.494. The standard InChI is InChI=1S/C7H12N2/c1-7(9)5-3-2-4-6(7)8/h2-4H,5,8-9H2,1H3. The molecule has 0 aromatic carbocycles. The first kappa shape index (κ1) is 6.36. The van der Waals surface area contributed by atoms with Gasteiger partial charge in [0, 0.05) is 5.70 Å². The molecule has 1 unspecified atom stereocenters. The van der Waals surface area contributed by atoms with E-state index >= 15 is 0 Å². The van der Waals surface area contributed by atoms with Crippen LogP contribution in [-0.2, 0) is 0 Å². The first-order valence-corrected chi connectivity index (χ1v) is 3.04. The summed E-state index contributed by atoms with van der Waals surface area (Å²) in [5.74, 6) is 0. The Kier molecular flexibility index (Phi) is 1.33. The topological polar surface area (TPSA) is 52.0 Å². The third-order valence-electron chi connectivity index (χ3n) is 1.61. The maximum atomic E-state index is 5.78. The van der Waals surface area contributed by atoms with E-state index in [-0.39, 0.29) is 5.54 Å². The van der Waals surface area contributed by atoms with E-state index in [0.717, 1.165) is 12.1 Å². The first-order valence-electron chi connectivity index (χ1n) is 3.04. The second kappa shape index (κ2) is 1.88. The van der Waals surface area contributed by atoms with E-state index in [1.165, 1.54) is 0 Å². The SMILES string of the molecule is CC1(N)CC=CC=C1N. The van der Waals surface area contributed by atoms with Crippen molar-refractivity contribution in [1.82, 2.24) is 0 Å². The molecule has 2 nitrogen and oxygen atoms in total. The van der Waals surface area contributed by atoms with Crippen LogP contribution in [0.2, 0.25) is 0 Å². The summed E-state index contributed by atoms with van der Waals surface area (Å²) in [6.07, 6.45) is 6.65. The summed E-state index contributed by atoms with van der Waals surface area (Å²) < 4.78 is 0. The lowest BCUT2D eigenvalue weighted by molar-refractivity contribution is 0.545. The summed E-state index contributed by atoms with van der Waals surface area (Å²) in [6.45, 7) is 1.93. The van der Waals surface area contributed by atoms with E-state index in [1.807, 2.05) is 25.2 Å². The van der Waals surface area contributed by atoms with Gasteiger partial charge in [-0.3, -0.25) is 0 Å². The van der Waals surface area contributed by atoms with Crippen LogP contribution in [0.1, 0.15) is 13.3 Å². The Bertz CT molecular complexity index is 166. The second-order valence-corrected chi connectivity index (χ2v) is 2.67. The van der Waals surface area contributed by atoms with E-state index in [0.29, 0.717) is 0 Å². The van der Waals surface area contributed by atoms with Gasteiger partial charge in [0.05, 0.1) is 5.54 Å². The number of nitrogens with two attached hydrogens (primary N) is 2. The molecule has 1 rings (SSSR count). The molecule has 9 heavy (non-hydrogen) atoms. The summed E-state index contributed by atoms with van der Waals surface area (Å²) in [4.78, 5) is 0. The summed E-state index contributed by atoms with van der Waals surface area (Å²) in [7, 11) is 0. The minimum absolute atomic E-state index is 0.311. The fourth-order valence-corrected chi connectivity index (χ4v) is 0.793. The van der Waals surface area contributed by atoms with Crippen molar-refractivity contribution in [2.24, 2.45) is 11.5 Å². The molecule has 2 heteroatoms. The Balaban J connectivity index is 2.83. The van der Waals surface area contributed by atoms with Gasteiger partial charge in [-0.1, -0.05) is 12.2 Å².